The zero-order valence-electron chi connectivity index (χ0n) is 10.1. The van der Waals surface area contributed by atoms with Crippen LogP contribution in [0.2, 0.25) is 10.0 Å². The van der Waals surface area contributed by atoms with E-state index < -0.39 is 0 Å². The number of halogens is 2. The average molecular weight is 272 g/mol. The van der Waals surface area contributed by atoms with Gasteiger partial charge in [-0.05, 0) is 42.4 Å². The number of rotatable bonds is 2. The van der Waals surface area contributed by atoms with E-state index in [9.17, 15) is 0 Å². The number of benzene rings is 1. The molecule has 0 heterocycles. The van der Waals surface area contributed by atoms with Gasteiger partial charge in [-0.1, -0.05) is 49.0 Å². The highest BCUT2D eigenvalue weighted by molar-refractivity contribution is 6.42. The van der Waals surface area contributed by atoms with Crippen LogP contribution in [-0.2, 0) is 0 Å². The molecule has 1 unspecified atom stereocenters. The van der Waals surface area contributed by atoms with Crippen LogP contribution in [0.5, 0.6) is 0 Å². The third-order valence-electron chi connectivity index (χ3n) is 3.90. The van der Waals surface area contributed by atoms with Gasteiger partial charge in [0.2, 0.25) is 0 Å². The van der Waals surface area contributed by atoms with Crippen LogP contribution in [0.1, 0.15) is 44.2 Å². The van der Waals surface area contributed by atoms with Crippen LogP contribution in [0.15, 0.2) is 18.2 Å². The van der Waals surface area contributed by atoms with E-state index in [1.54, 1.807) is 0 Å². The molecule has 0 aromatic heterocycles. The summed E-state index contributed by atoms with van der Waals surface area (Å²) in [5, 5.41) is 1.20. The monoisotopic (exact) mass is 271 g/mol. The van der Waals surface area contributed by atoms with Crippen LogP contribution < -0.4 is 5.73 Å². The van der Waals surface area contributed by atoms with Gasteiger partial charge in [0.25, 0.3) is 0 Å². The van der Waals surface area contributed by atoms with Gasteiger partial charge in [0.15, 0.2) is 0 Å². The van der Waals surface area contributed by atoms with E-state index >= 15 is 0 Å². The Morgan fingerprint density at radius 2 is 1.76 bits per heavy atom. The minimum absolute atomic E-state index is 0.0947. The second-order valence-electron chi connectivity index (χ2n) is 5.22. The Balaban J connectivity index is 2.08. The lowest BCUT2D eigenvalue weighted by molar-refractivity contribution is 0.256. The third kappa shape index (κ3) is 3.15. The molecule has 1 aliphatic rings. The van der Waals surface area contributed by atoms with Crippen molar-refractivity contribution in [2.24, 2.45) is 17.6 Å². The van der Waals surface area contributed by atoms with Crippen molar-refractivity contribution in [1.29, 1.82) is 0 Å². The molecule has 0 radical (unpaired) electrons. The Morgan fingerprint density at radius 1 is 1.12 bits per heavy atom. The molecular formula is C14H19Cl2N. The largest absolute Gasteiger partial charge is 0.324 e. The first-order chi connectivity index (χ1) is 8.08. The normalized spacial score (nSPS) is 26.8. The van der Waals surface area contributed by atoms with E-state index in [2.05, 4.69) is 6.92 Å². The van der Waals surface area contributed by atoms with E-state index in [0.29, 0.717) is 16.0 Å². The van der Waals surface area contributed by atoms with E-state index in [0.717, 1.165) is 11.5 Å². The molecule has 0 spiro atoms. The van der Waals surface area contributed by atoms with Gasteiger partial charge in [0.05, 0.1) is 10.0 Å². The summed E-state index contributed by atoms with van der Waals surface area (Å²) in [6.45, 7) is 2.32. The Morgan fingerprint density at radius 3 is 2.35 bits per heavy atom. The summed E-state index contributed by atoms with van der Waals surface area (Å²) in [5.41, 5.74) is 7.44. The van der Waals surface area contributed by atoms with Crippen LogP contribution in [0.4, 0.5) is 0 Å². The SMILES string of the molecule is CC1CCC(C(N)c2ccc(Cl)c(Cl)c2)CC1. The summed E-state index contributed by atoms with van der Waals surface area (Å²) in [7, 11) is 0. The third-order valence-corrected chi connectivity index (χ3v) is 4.64. The zero-order chi connectivity index (χ0) is 12.4. The lowest BCUT2D eigenvalue weighted by Crippen LogP contribution is -2.25. The fourth-order valence-electron chi connectivity index (χ4n) is 2.64. The van der Waals surface area contributed by atoms with Crippen molar-refractivity contribution < 1.29 is 0 Å². The number of nitrogens with two attached hydrogens (primary N) is 1. The highest BCUT2D eigenvalue weighted by atomic mass is 35.5. The molecule has 94 valence electrons. The van der Waals surface area contributed by atoms with Crippen LogP contribution in [0.25, 0.3) is 0 Å². The standard InChI is InChI=1S/C14H19Cl2N/c1-9-2-4-10(5-3-9)14(17)11-6-7-12(15)13(16)8-11/h6-10,14H,2-5,17H2,1H3. The second-order valence-corrected chi connectivity index (χ2v) is 6.03. The minimum atomic E-state index is 0.0947. The predicted molar refractivity (Wildman–Crippen MR) is 74.5 cm³/mol. The fraction of sp³-hybridized carbons (Fsp3) is 0.571. The molecule has 1 saturated carbocycles. The van der Waals surface area contributed by atoms with E-state index in [1.807, 2.05) is 18.2 Å². The Kier molecular flexibility index (Phi) is 4.35. The van der Waals surface area contributed by atoms with Gasteiger partial charge in [-0.3, -0.25) is 0 Å². The molecule has 1 aromatic rings. The lowest BCUT2D eigenvalue weighted by Gasteiger charge is -2.31. The summed E-state index contributed by atoms with van der Waals surface area (Å²) >= 11 is 11.9. The molecule has 1 aliphatic carbocycles. The molecular weight excluding hydrogens is 253 g/mol. The van der Waals surface area contributed by atoms with Crippen molar-refractivity contribution in [3.63, 3.8) is 0 Å². The fourth-order valence-corrected chi connectivity index (χ4v) is 2.94. The van der Waals surface area contributed by atoms with Crippen molar-refractivity contribution >= 4 is 23.2 Å². The maximum atomic E-state index is 6.33. The summed E-state index contributed by atoms with van der Waals surface area (Å²) in [6.07, 6.45) is 5.03. The first-order valence-corrected chi connectivity index (χ1v) is 7.04. The van der Waals surface area contributed by atoms with Gasteiger partial charge in [-0.2, -0.15) is 0 Å². The maximum Gasteiger partial charge on any atom is 0.0595 e. The predicted octanol–water partition coefficient (Wildman–Crippen LogP) is 4.82. The van der Waals surface area contributed by atoms with Crippen LogP contribution >= 0.6 is 23.2 Å². The maximum absolute atomic E-state index is 6.33. The van der Waals surface area contributed by atoms with Gasteiger partial charge in [-0.15, -0.1) is 0 Å². The zero-order valence-corrected chi connectivity index (χ0v) is 11.6. The molecule has 2 N–H and O–H groups in total. The smallest absolute Gasteiger partial charge is 0.0595 e. The molecule has 2 rings (SSSR count). The van der Waals surface area contributed by atoms with E-state index in [1.165, 1.54) is 25.7 Å². The van der Waals surface area contributed by atoms with Crippen LogP contribution in [0, 0.1) is 11.8 Å². The molecule has 17 heavy (non-hydrogen) atoms. The lowest BCUT2D eigenvalue weighted by atomic mass is 9.78. The number of hydrogen-bond acceptors (Lipinski definition) is 1. The van der Waals surface area contributed by atoms with Gasteiger partial charge in [-0.25, -0.2) is 0 Å². The summed E-state index contributed by atoms with van der Waals surface area (Å²) in [6, 6.07) is 5.84. The first-order valence-electron chi connectivity index (χ1n) is 6.28. The van der Waals surface area contributed by atoms with Gasteiger partial charge in [0.1, 0.15) is 0 Å². The van der Waals surface area contributed by atoms with Crippen molar-refractivity contribution in [3.8, 4) is 0 Å². The quantitative estimate of drug-likeness (QED) is 0.820. The highest BCUT2D eigenvalue weighted by Crippen LogP contribution is 2.36. The minimum Gasteiger partial charge on any atom is -0.324 e. The Bertz CT molecular complexity index is 384. The van der Waals surface area contributed by atoms with Crippen molar-refractivity contribution in [3.05, 3.63) is 33.8 Å². The van der Waals surface area contributed by atoms with Crippen LogP contribution in [0.3, 0.4) is 0 Å². The van der Waals surface area contributed by atoms with Crippen molar-refractivity contribution in [2.45, 2.75) is 38.6 Å². The van der Waals surface area contributed by atoms with E-state index in [-0.39, 0.29) is 6.04 Å². The Hall–Kier alpha value is -0.240. The molecule has 0 aliphatic heterocycles. The van der Waals surface area contributed by atoms with Crippen LogP contribution in [-0.4, -0.2) is 0 Å². The molecule has 1 nitrogen and oxygen atoms in total. The molecule has 1 fully saturated rings. The molecule has 0 bridgehead atoms. The summed E-state index contributed by atoms with van der Waals surface area (Å²) < 4.78 is 0. The molecule has 1 atom stereocenters. The second kappa shape index (κ2) is 5.60. The molecule has 1 aromatic carbocycles. The van der Waals surface area contributed by atoms with Gasteiger partial charge in [0, 0.05) is 6.04 Å². The van der Waals surface area contributed by atoms with Gasteiger partial charge < -0.3 is 5.73 Å². The van der Waals surface area contributed by atoms with E-state index in [4.69, 9.17) is 28.9 Å². The topological polar surface area (TPSA) is 26.0 Å². The van der Waals surface area contributed by atoms with Gasteiger partial charge >= 0.3 is 0 Å². The number of hydrogen-bond donors (Lipinski definition) is 1. The molecule has 0 saturated heterocycles. The average Bonchev–Trinajstić information content (AvgIpc) is 2.33. The molecule has 0 amide bonds. The summed E-state index contributed by atoms with van der Waals surface area (Å²) in [4.78, 5) is 0. The highest BCUT2D eigenvalue weighted by Gasteiger charge is 2.24. The Labute approximate surface area is 113 Å². The van der Waals surface area contributed by atoms with Crippen molar-refractivity contribution in [2.75, 3.05) is 0 Å². The summed E-state index contributed by atoms with van der Waals surface area (Å²) in [5.74, 6) is 1.44. The first kappa shape index (κ1) is 13.2. The van der Waals surface area contributed by atoms with Crippen molar-refractivity contribution in [1.82, 2.24) is 0 Å². The molecule has 3 heteroatoms.